The first kappa shape index (κ1) is 13.6. The van der Waals surface area contributed by atoms with E-state index in [1.807, 2.05) is 38.6 Å². The highest BCUT2D eigenvalue weighted by Crippen LogP contribution is 2.35. The van der Waals surface area contributed by atoms with Gasteiger partial charge in [-0.1, -0.05) is 18.2 Å². The molecule has 0 radical (unpaired) electrons. The fourth-order valence-electron chi connectivity index (χ4n) is 2.15. The lowest BCUT2D eigenvalue weighted by Crippen LogP contribution is -2.09. The molecule has 1 aromatic carbocycles. The topological polar surface area (TPSA) is 34.2 Å². The average Bonchev–Trinajstić information content (AvgIpc) is 2.48. The van der Waals surface area contributed by atoms with Gasteiger partial charge in [-0.2, -0.15) is 0 Å². The standard InChI is InChI=1S/C14H13NO.C2H7N/c1-3-12-4-2-10-16-14(12)13(5-1)11-6-8-15-9-7-11;1-3-2/h1,3,5-9H,2,4,10H2;3H,1-2H3. The molecule has 2 aromatic rings. The molecular formula is C16H20N2O. The zero-order valence-corrected chi connectivity index (χ0v) is 11.5. The van der Waals surface area contributed by atoms with E-state index >= 15 is 0 Å². The monoisotopic (exact) mass is 256 g/mol. The normalized spacial score (nSPS) is 12.7. The van der Waals surface area contributed by atoms with Crippen LogP contribution in [0.2, 0.25) is 0 Å². The number of hydrogen-bond donors (Lipinski definition) is 1. The molecule has 3 nitrogen and oxygen atoms in total. The van der Waals surface area contributed by atoms with Gasteiger partial charge in [0.05, 0.1) is 6.61 Å². The molecule has 19 heavy (non-hydrogen) atoms. The molecule has 3 heteroatoms. The third-order valence-corrected chi connectivity index (χ3v) is 2.92. The molecular weight excluding hydrogens is 236 g/mol. The molecule has 0 bridgehead atoms. The molecule has 100 valence electrons. The van der Waals surface area contributed by atoms with Crippen LogP contribution in [0.3, 0.4) is 0 Å². The first-order valence-electron chi connectivity index (χ1n) is 6.60. The Balaban J connectivity index is 0.000000408. The minimum Gasteiger partial charge on any atom is -0.493 e. The smallest absolute Gasteiger partial charge is 0.130 e. The van der Waals surface area contributed by atoms with E-state index in [2.05, 4.69) is 28.5 Å². The van der Waals surface area contributed by atoms with Crippen LogP contribution in [-0.4, -0.2) is 25.7 Å². The van der Waals surface area contributed by atoms with Gasteiger partial charge in [-0.05, 0) is 50.2 Å². The van der Waals surface area contributed by atoms with Gasteiger partial charge in [0.25, 0.3) is 0 Å². The minimum absolute atomic E-state index is 0.828. The summed E-state index contributed by atoms with van der Waals surface area (Å²) >= 11 is 0. The van der Waals surface area contributed by atoms with Gasteiger partial charge in [-0.25, -0.2) is 0 Å². The summed E-state index contributed by atoms with van der Waals surface area (Å²) in [5, 5.41) is 2.75. The molecule has 1 N–H and O–H groups in total. The van der Waals surface area contributed by atoms with E-state index < -0.39 is 0 Å². The van der Waals surface area contributed by atoms with Crippen LogP contribution in [0.5, 0.6) is 5.75 Å². The predicted molar refractivity (Wildman–Crippen MR) is 78.5 cm³/mol. The fourth-order valence-corrected chi connectivity index (χ4v) is 2.15. The molecule has 0 saturated carbocycles. The second-order valence-electron chi connectivity index (χ2n) is 4.48. The van der Waals surface area contributed by atoms with E-state index in [4.69, 9.17) is 4.74 Å². The summed E-state index contributed by atoms with van der Waals surface area (Å²) in [6.45, 7) is 0.828. The molecule has 0 spiro atoms. The summed E-state index contributed by atoms with van der Waals surface area (Å²) in [7, 11) is 3.75. The third kappa shape index (κ3) is 3.32. The van der Waals surface area contributed by atoms with Crippen LogP contribution in [0.25, 0.3) is 11.1 Å². The maximum Gasteiger partial charge on any atom is 0.130 e. The highest BCUT2D eigenvalue weighted by Gasteiger charge is 2.14. The summed E-state index contributed by atoms with van der Waals surface area (Å²) < 4.78 is 5.79. The summed E-state index contributed by atoms with van der Waals surface area (Å²) in [6, 6.07) is 10.4. The maximum absolute atomic E-state index is 5.79. The highest BCUT2D eigenvalue weighted by atomic mass is 16.5. The van der Waals surface area contributed by atoms with Crippen molar-refractivity contribution in [2.24, 2.45) is 0 Å². The van der Waals surface area contributed by atoms with Crippen LogP contribution in [0, 0.1) is 0 Å². The second kappa shape index (κ2) is 6.90. The van der Waals surface area contributed by atoms with Crippen molar-refractivity contribution >= 4 is 0 Å². The van der Waals surface area contributed by atoms with Gasteiger partial charge in [0.2, 0.25) is 0 Å². The molecule has 2 heterocycles. The maximum atomic E-state index is 5.79. The van der Waals surface area contributed by atoms with Crippen molar-refractivity contribution in [3.05, 3.63) is 48.3 Å². The van der Waals surface area contributed by atoms with E-state index in [-0.39, 0.29) is 0 Å². The first-order valence-corrected chi connectivity index (χ1v) is 6.60. The number of para-hydroxylation sites is 1. The Morgan fingerprint density at radius 3 is 2.58 bits per heavy atom. The van der Waals surface area contributed by atoms with Gasteiger partial charge >= 0.3 is 0 Å². The SMILES string of the molecule is CNC.c1cc2c(c(-c3ccncc3)c1)OCCC2. The Kier molecular flexibility index (Phi) is 4.93. The molecule has 0 atom stereocenters. The fraction of sp³-hybridized carbons (Fsp3) is 0.312. The Labute approximate surface area is 114 Å². The number of ether oxygens (including phenoxy) is 1. The van der Waals surface area contributed by atoms with Crippen LogP contribution in [0.15, 0.2) is 42.7 Å². The lowest BCUT2D eigenvalue weighted by Gasteiger charge is -2.20. The molecule has 0 amide bonds. The molecule has 3 rings (SSSR count). The van der Waals surface area contributed by atoms with E-state index in [1.54, 1.807) is 0 Å². The van der Waals surface area contributed by atoms with Gasteiger partial charge < -0.3 is 10.1 Å². The van der Waals surface area contributed by atoms with Crippen LogP contribution < -0.4 is 10.1 Å². The lowest BCUT2D eigenvalue weighted by molar-refractivity contribution is 0.289. The molecule has 0 saturated heterocycles. The molecule has 1 aliphatic heterocycles. The Morgan fingerprint density at radius 2 is 1.84 bits per heavy atom. The van der Waals surface area contributed by atoms with E-state index in [9.17, 15) is 0 Å². The van der Waals surface area contributed by atoms with Gasteiger partial charge in [-0.15, -0.1) is 0 Å². The number of fused-ring (bicyclic) bond motifs is 1. The third-order valence-electron chi connectivity index (χ3n) is 2.92. The average molecular weight is 256 g/mol. The van der Waals surface area contributed by atoms with Gasteiger partial charge in [-0.3, -0.25) is 4.98 Å². The summed E-state index contributed by atoms with van der Waals surface area (Å²) in [5.74, 6) is 1.06. The lowest BCUT2D eigenvalue weighted by atomic mass is 9.98. The largest absolute Gasteiger partial charge is 0.493 e. The van der Waals surface area contributed by atoms with Crippen molar-refractivity contribution < 1.29 is 4.74 Å². The zero-order chi connectivity index (χ0) is 13.5. The van der Waals surface area contributed by atoms with Gasteiger partial charge in [0.1, 0.15) is 5.75 Å². The second-order valence-corrected chi connectivity index (χ2v) is 4.48. The van der Waals surface area contributed by atoms with Crippen molar-refractivity contribution in [2.75, 3.05) is 20.7 Å². The molecule has 0 aliphatic carbocycles. The number of nitrogens with zero attached hydrogens (tertiary/aromatic N) is 1. The van der Waals surface area contributed by atoms with Crippen molar-refractivity contribution in [3.8, 4) is 16.9 Å². The number of pyridine rings is 1. The predicted octanol–water partition coefficient (Wildman–Crippen LogP) is 2.91. The molecule has 1 aliphatic rings. The van der Waals surface area contributed by atoms with Crippen molar-refractivity contribution in [1.29, 1.82) is 0 Å². The van der Waals surface area contributed by atoms with Crippen molar-refractivity contribution in [2.45, 2.75) is 12.8 Å². The number of benzene rings is 1. The summed E-state index contributed by atoms with van der Waals surface area (Å²) in [6.07, 6.45) is 5.87. The molecule has 0 fully saturated rings. The number of nitrogens with one attached hydrogen (secondary N) is 1. The Hall–Kier alpha value is -1.87. The minimum atomic E-state index is 0.828. The van der Waals surface area contributed by atoms with E-state index in [0.717, 1.165) is 25.2 Å². The number of rotatable bonds is 1. The Morgan fingerprint density at radius 1 is 1.11 bits per heavy atom. The van der Waals surface area contributed by atoms with Crippen LogP contribution >= 0.6 is 0 Å². The summed E-state index contributed by atoms with van der Waals surface area (Å²) in [4.78, 5) is 4.04. The quantitative estimate of drug-likeness (QED) is 0.852. The van der Waals surface area contributed by atoms with Crippen LogP contribution in [0.1, 0.15) is 12.0 Å². The van der Waals surface area contributed by atoms with Gasteiger partial charge in [0.15, 0.2) is 0 Å². The zero-order valence-electron chi connectivity index (χ0n) is 11.5. The Bertz CT molecular complexity index is 511. The first-order chi connectivity index (χ1) is 9.36. The van der Waals surface area contributed by atoms with E-state index in [1.165, 1.54) is 16.7 Å². The van der Waals surface area contributed by atoms with Crippen molar-refractivity contribution in [3.63, 3.8) is 0 Å². The van der Waals surface area contributed by atoms with Crippen molar-refractivity contribution in [1.82, 2.24) is 10.3 Å². The number of aryl methyl sites for hydroxylation is 1. The molecule has 1 aromatic heterocycles. The number of hydrogen-bond acceptors (Lipinski definition) is 3. The van der Waals surface area contributed by atoms with Crippen LogP contribution in [0.4, 0.5) is 0 Å². The van der Waals surface area contributed by atoms with Gasteiger partial charge in [0, 0.05) is 18.0 Å². The highest BCUT2D eigenvalue weighted by molar-refractivity contribution is 5.72. The summed E-state index contributed by atoms with van der Waals surface area (Å²) in [5.41, 5.74) is 3.67. The molecule has 0 unspecified atom stereocenters. The van der Waals surface area contributed by atoms with E-state index in [0.29, 0.717) is 0 Å². The number of aromatic nitrogens is 1. The van der Waals surface area contributed by atoms with Crippen LogP contribution in [-0.2, 0) is 6.42 Å².